The average molecular weight is 221 g/mol. The highest BCUT2D eigenvalue weighted by molar-refractivity contribution is 5.96. The third-order valence-corrected chi connectivity index (χ3v) is 3.32. The summed E-state index contributed by atoms with van der Waals surface area (Å²) in [4.78, 5) is 5.75. The van der Waals surface area contributed by atoms with Gasteiger partial charge in [-0.3, -0.25) is 0 Å². The second-order valence-electron chi connectivity index (χ2n) is 4.32. The minimum Gasteiger partial charge on any atom is -0.409 e. The van der Waals surface area contributed by atoms with Crippen molar-refractivity contribution < 1.29 is 4.84 Å². The molecule has 1 aliphatic heterocycles. The molecule has 2 heterocycles. The summed E-state index contributed by atoms with van der Waals surface area (Å²) < 4.78 is 1.90. The number of fused-ring (bicyclic) bond motifs is 5. The first-order valence-electron chi connectivity index (χ1n) is 5.75. The van der Waals surface area contributed by atoms with Gasteiger partial charge in [-0.25, -0.2) is 0 Å². The molecule has 0 unspecified atom stereocenters. The van der Waals surface area contributed by atoms with E-state index in [1.54, 1.807) is 0 Å². The van der Waals surface area contributed by atoms with E-state index >= 15 is 0 Å². The van der Waals surface area contributed by atoms with Crippen molar-refractivity contribution >= 4 is 10.8 Å². The Kier molecular flexibility index (Phi) is 1.64. The molecule has 2 nitrogen and oxygen atoms in total. The van der Waals surface area contributed by atoms with Crippen molar-refractivity contribution in [3.05, 3.63) is 60.3 Å². The van der Waals surface area contributed by atoms with Crippen molar-refractivity contribution in [2.45, 2.75) is 6.61 Å². The lowest BCUT2D eigenvalue weighted by Crippen LogP contribution is -2.17. The van der Waals surface area contributed by atoms with E-state index in [4.69, 9.17) is 4.84 Å². The van der Waals surface area contributed by atoms with E-state index in [1.165, 1.54) is 27.6 Å². The summed E-state index contributed by atoms with van der Waals surface area (Å²) in [6, 6.07) is 16.8. The molecule has 0 aliphatic carbocycles. The van der Waals surface area contributed by atoms with Crippen LogP contribution in [0.15, 0.2) is 54.7 Å². The van der Waals surface area contributed by atoms with E-state index in [9.17, 15) is 0 Å². The number of hydrogen-bond acceptors (Lipinski definition) is 1. The Hall–Kier alpha value is -2.22. The first-order chi connectivity index (χ1) is 8.43. The van der Waals surface area contributed by atoms with Crippen molar-refractivity contribution in [1.82, 2.24) is 4.73 Å². The summed E-state index contributed by atoms with van der Waals surface area (Å²) in [7, 11) is 0. The van der Waals surface area contributed by atoms with Crippen LogP contribution in [-0.2, 0) is 6.61 Å². The zero-order valence-corrected chi connectivity index (χ0v) is 9.26. The van der Waals surface area contributed by atoms with Gasteiger partial charge < -0.3 is 4.84 Å². The summed E-state index contributed by atoms with van der Waals surface area (Å²) in [5.74, 6) is 0. The highest BCUT2D eigenvalue weighted by Gasteiger charge is 2.19. The van der Waals surface area contributed by atoms with Crippen LogP contribution in [0.3, 0.4) is 0 Å². The molecule has 2 heteroatoms. The van der Waals surface area contributed by atoms with Crippen molar-refractivity contribution in [2.75, 3.05) is 0 Å². The molecule has 0 spiro atoms. The lowest BCUT2D eigenvalue weighted by molar-refractivity contribution is 0.0962. The smallest absolute Gasteiger partial charge is 0.140 e. The highest BCUT2D eigenvalue weighted by Crippen LogP contribution is 2.34. The van der Waals surface area contributed by atoms with Crippen molar-refractivity contribution in [1.29, 1.82) is 0 Å². The van der Waals surface area contributed by atoms with Gasteiger partial charge in [0.1, 0.15) is 6.61 Å². The average Bonchev–Trinajstić information content (AvgIpc) is 2.77. The largest absolute Gasteiger partial charge is 0.409 e. The van der Waals surface area contributed by atoms with Gasteiger partial charge in [-0.05, 0) is 0 Å². The van der Waals surface area contributed by atoms with Gasteiger partial charge >= 0.3 is 0 Å². The maximum atomic E-state index is 5.75. The Bertz CT molecular complexity index is 712. The molecule has 0 fully saturated rings. The lowest BCUT2D eigenvalue weighted by Gasteiger charge is -2.19. The molecule has 2 aromatic carbocycles. The van der Waals surface area contributed by atoms with Gasteiger partial charge in [0.25, 0.3) is 0 Å². The molecular formula is C15H11NO. The normalized spacial score (nSPS) is 12.9. The van der Waals surface area contributed by atoms with Crippen LogP contribution in [0, 0.1) is 0 Å². The minimum absolute atomic E-state index is 0.643. The van der Waals surface area contributed by atoms with E-state index in [1.807, 2.05) is 4.73 Å². The molecule has 0 bridgehead atoms. The molecule has 0 radical (unpaired) electrons. The van der Waals surface area contributed by atoms with Crippen molar-refractivity contribution in [3.8, 4) is 11.3 Å². The van der Waals surface area contributed by atoms with Gasteiger partial charge in [-0.1, -0.05) is 48.5 Å². The SMILES string of the molecule is c1ccc2c(c1)COn1cc3ccccc3c1-2. The first kappa shape index (κ1) is 8.88. The third kappa shape index (κ3) is 1.15. The van der Waals surface area contributed by atoms with Crippen molar-refractivity contribution in [3.63, 3.8) is 0 Å². The third-order valence-electron chi connectivity index (χ3n) is 3.32. The monoisotopic (exact) mass is 221 g/mol. The Labute approximate surface area is 99.0 Å². The molecule has 0 amide bonds. The summed E-state index contributed by atoms with van der Waals surface area (Å²) in [6.07, 6.45) is 2.06. The second kappa shape index (κ2) is 3.14. The van der Waals surface area contributed by atoms with E-state index in [2.05, 4.69) is 54.7 Å². The Morgan fingerprint density at radius 1 is 0.941 bits per heavy atom. The van der Waals surface area contributed by atoms with Gasteiger partial charge in [0.05, 0.1) is 11.9 Å². The molecule has 3 aromatic rings. The number of aromatic nitrogens is 1. The molecule has 0 saturated carbocycles. The Balaban J connectivity index is 2.14. The molecule has 1 aromatic heterocycles. The molecule has 17 heavy (non-hydrogen) atoms. The van der Waals surface area contributed by atoms with Crippen LogP contribution < -0.4 is 4.84 Å². The highest BCUT2D eigenvalue weighted by atomic mass is 16.7. The maximum absolute atomic E-state index is 5.75. The van der Waals surface area contributed by atoms with Crippen LogP contribution in [0.2, 0.25) is 0 Å². The van der Waals surface area contributed by atoms with E-state index in [-0.39, 0.29) is 0 Å². The molecule has 0 N–H and O–H groups in total. The van der Waals surface area contributed by atoms with Crippen LogP contribution >= 0.6 is 0 Å². The lowest BCUT2D eigenvalue weighted by atomic mass is 10.0. The van der Waals surface area contributed by atoms with Crippen LogP contribution in [0.5, 0.6) is 0 Å². The van der Waals surface area contributed by atoms with Gasteiger partial charge in [0.2, 0.25) is 0 Å². The van der Waals surface area contributed by atoms with E-state index in [0.717, 1.165) is 0 Å². The zero-order valence-electron chi connectivity index (χ0n) is 9.26. The van der Waals surface area contributed by atoms with Gasteiger partial charge in [0, 0.05) is 21.9 Å². The fourth-order valence-corrected chi connectivity index (χ4v) is 2.52. The predicted molar refractivity (Wildman–Crippen MR) is 67.7 cm³/mol. The summed E-state index contributed by atoms with van der Waals surface area (Å²) in [5, 5.41) is 2.47. The first-order valence-corrected chi connectivity index (χ1v) is 5.75. The zero-order chi connectivity index (χ0) is 11.2. The standard InChI is InChI=1S/C15H11NO/c1-3-7-13-11(5-1)9-16-15(13)14-8-4-2-6-12(14)10-17-16/h1-9H,10H2. The molecule has 0 atom stereocenters. The fraction of sp³-hybridized carbons (Fsp3) is 0.0667. The summed E-state index contributed by atoms with van der Waals surface area (Å²) in [5.41, 5.74) is 3.70. The van der Waals surface area contributed by atoms with Gasteiger partial charge in [0.15, 0.2) is 0 Å². The molecule has 4 rings (SSSR count). The van der Waals surface area contributed by atoms with E-state index < -0.39 is 0 Å². The molecule has 1 aliphatic rings. The Morgan fingerprint density at radius 3 is 2.76 bits per heavy atom. The predicted octanol–water partition coefficient (Wildman–Crippen LogP) is 3.25. The quantitative estimate of drug-likeness (QED) is 0.568. The number of nitrogens with zero attached hydrogens (tertiary/aromatic N) is 1. The van der Waals surface area contributed by atoms with Crippen LogP contribution in [0.4, 0.5) is 0 Å². The maximum Gasteiger partial charge on any atom is 0.140 e. The second-order valence-corrected chi connectivity index (χ2v) is 4.32. The minimum atomic E-state index is 0.643. The topological polar surface area (TPSA) is 14.2 Å². The van der Waals surface area contributed by atoms with Crippen LogP contribution in [0.25, 0.3) is 22.0 Å². The van der Waals surface area contributed by atoms with Crippen LogP contribution in [-0.4, -0.2) is 4.73 Å². The Morgan fingerprint density at radius 2 is 1.76 bits per heavy atom. The molecular weight excluding hydrogens is 210 g/mol. The number of rotatable bonds is 0. The molecule has 82 valence electrons. The van der Waals surface area contributed by atoms with Crippen molar-refractivity contribution in [2.24, 2.45) is 0 Å². The number of benzene rings is 2. The molecule has 0 saturated heterocycles. The summed E-state index contributed by atoms with van der Waals surface area (Å²) in [6.45, 7) is 0.643. The fourth-order valence-electron chi connectivity index (χ4n) is 2.52. The number of hydrogen-bond donors (Lipinski definition) is 0. The van der Waals surface area contributed by atoms with Crippen LogP contribution in [0.1, 0.15) is 5.56 Å². The summed E-state index contributed by atoms with van der Waals surface area (Å²) >= 11 is 0. The van der Waals surface area contributed by atoms with Gasteiger partial charge in [-0.2, -0.15) is 4.73 Å². The van der Waals surface area contributed by atoms with Gasteiger partial charge in [-0.15, -0.1) is 0 Å². The van der Waals surface area contributed by atoms with E-state index in [0.29, 0.717) is 6.61 Å².